The van der Waals surface area contributed by atoms with E-state index in [-0.39, 0.29) is 41.7 Å². The minimum atomic E-state index is -1.69. The molecule has 1 aliphatic rings. The van der Waals surface area contributed by atoms with E-state index in [1.807, 2.05) is 6.07 Å². The van der Waals surface area contributed by atoms with E-state index in [1.165, 1.54) is 53.4 Å². The molecule has 14 heteroatoms. The molecular weight excluding hydrogens is 828 g/mol. The minimum absolute atomic E-state index is 0.0301. The third kappa shape index (κ3) is 14.6. The van der Waals surface area contributed by atoms with Gasteiger partial charge in [0.15, 0.2) is 0 Å². The quantitative estimate of drug-likeness (QED) is 0.0248. The first-order valence-electron chi connectivity index (χ1n) is 21.6. The summed E-state index contributed by atoms with van der Waals surface area (Å²) in [6.45, 7) is 12.7. The fraction of sp³-hybridized carbons (Fsp3) is 0.440. The number of esters is 6. The topological polar surface area (TPSA) is 167 Å². The Labute approximate surface area is 374 Å². The number of carbonyl (C=O) groups is 6. The Kier molecular flexibility index (Phi) is 19.3. The average Bonchev–Trinajstić information content (AvgIpc) is 3.28. The Morgan fingerprint density at radius 1 is 0.609 bits per heavy atom. The summed E-state index contributed by atoms with van der Waals surface area (Å²) in [5.41, 5.74) is 1.44. The zero-order chi connectivity index (χ0) is 46.8. The van der Waals surface area contributed by atoms with Crippen molar-refractivity contribution in [1.29, 1.82) is 0 Å². The number of halogens is 1. The SMILES string of the molecule is C=C(C)C(=O)OCC(COC(=O)C(=O)OCC)(COC(=O)C(=O)OCC)COc1ccc(-c2ccc(-c3ccc(C4CCC(CCCCC)CC4)cc3F)cc2OC(=O)C(=C)C)cc1. The predicted octanol–water partition coefficient (Wildman–Crippen LogP) is 9.19. The van der Waals surface area contributed by atoms with Crippen molar-refractivity contribution < 1.29 is 66.3 Å². The zero-order valence-corrected chi connectivity index (χ0v) is 37.4. The van der Waals surface area contributed by atoms with Gasteiger partial charge in [0, 0.05) is 22.3 Å². The van der Waals surface area contributed by atoms with Crippen molar-refractivity contribution in [2.24, 2.45) is 11.3 Å². The normalized spacial score (nSPS) is 14.7. The molecule has 0 N–H and O–H groups in total. The standard InChI is InChI=1S/C50H59FO13/c1-8-11-12-13-34-14-16-35(17-15-34)37-20-24-40(42(51)26-37)38-21-25-41(43(27-38)64-45(53)33(6)7)36-18-22-39(23-19-36)60-28-50(29-61-44(52)32(4)5,30-62-48(56)46(54)58-9-2)31-63-49(57)47(55)59-10-3/h18-27,34-35H,4,6,8-17,28-31H2,1-3,5,7H3. The average molecular weight is 887 g/mol. The number of hydrogen-bond donors (Lipinski definition) is 0. The summed E-state index contributed by atoms with van der Waals surface area (Å²) >= 11 is 0. The highest BCUT2D eigenvalue weighted by Crippen LogP contribution is 2.40. The van der Waals surface area contributed by atoms with Crippen LogP contribution in [0.25, 0.3) is 22.3 Å². The van der Waals surface area contributed by atoms with Gasteiger partial charge in [-0.25, -0.2) is 33.2 Å². The highest BCUT2D eigenvalue weighted by molar-refractivity contribution is 6.30. The summed E-state index contributed by atoms with van der Waals surface area (Å²) < 4.78 is 52.9. The second-order valence-corrected chi connectivity index (χ2v) is 16.1. The van der Waals surface area contributed by atoms with E-state index >= 15 is 4.39 Å². The van der Waals surface area contributed by atoms with Gasteiger partial charge in [-0.1, -0.05) is 82.2 Å². The van der Waals surface area contributed by atoms with Crippen molar-refractivity contribution in [1.82, 2.24) is 0 Å². The molecule has 1 fully saturated rings. The van der Waals surface area contributed by atoms with Crippen molar-refractivity contribution in [3.63, 3.8) is 0 Å². The van der Waals surface area contributed by atoms with Crippen molar-refractivity contribution in [3.05, 3.63) is 96.3 Å². The molecule has 0 aromatic heterocycles. The van der Waals surface area contributed by atoms with Crippen LogP contribution in [0.3, 0.4) is 0 Å². The molecule has 1 saturated carbocycles. The maximum atomic E-state index is 15.9. The van der Waals surface area contributed by atoms with Crippen molar-refractivity contribution in [2.75, 3.05) is 39.6 Å². The van der Waals surface area contributed by atoms with Crippen LogP contribution in [-0.2, 0) is 52.5 Å². The second kappa shape index (κ2) is 24.5. The first-order chi connectivity index (χ1) is 30.6. The van der Waals surface area contributed by atoms with Crippen LogP contribution in [0.5, 0.6) is 11.5 Å². The van der Waals surface area contributed by atoms with Gasteiger partial charge in [0.2, 0.25) is 0 Å². The van der Waals surface area contributed by atoms with Gasteiger partial charge >= 0.3 is 35.8 Å². The smallest absolute Gasteiger partial charge is 0.417 e. The second-order valence-electron chi connectivity index (χ2n) is 16.1. The number of rotatable bonds is 21. The summed E-state index contributed by atoms with van der Waals surface area (Å²) in [5.74, 6) is -5.76. The summed E-state index contributed by atoms with van der Waals surface area (Å²) in [7, 11) is 0. The molecule has 0 bridgehead atoms. The maximum absolute atomic E-state index is 15.9. The van der Waals surface area contributed by atoms with Gasteiger partial charge in [-0.3, -0.25) is 0 Å². The molecule has 0 aliphatic heterocycles. The van der Waals surface area contributed by atoms with Crippen LogP contribution in [0.4, 0.5) is 4.39 Å². The van der Waals surface area contributed by atoms with Crippen LogP contribution in [0.15, 0.2) is 85.0 Å². The van der Waals surface area contributed by atoms with Gasteiger partial charge in [0.1, 0.15) is 49.2 Å². The van der Waals surface area contributed by atoms with Gasteiger partial charge in [0.05, 0.1) is 13.2 Å². The lowest BCUT2D eigenvalue weighted by molar-refractivity contribution is -0.178. The molecule has 3 aromatic carbocycles. The molecular formula is C50H59FO13. The fourth-order valence-electron chi connectivity index (χ4n) is 7.18. The Balaban J connectivity index is 1.59. The van der Waals surface area contributed by atoms with Gasteiger partial charge < -0.3 is 33.2 Å². The van der Waals surface area contributed by atoms with Crippen LogP contribution in [0, 0.1) is 17.2 Å². The number of hydrogen-bond acceptors (Lipinski definition) is 13. The number of unbranched alkanes of at least 4 members (excludes halogenated alkanes) is 2. The first-order valence-corrected chi connectivity index (χ1v) is 21.6. The molecule has 0 unspecified atom stereocenters. The van der Waals surface area contributed by atoms with Gasteiger partial charge in [-0.05, 0) is 106 Å². The van der Waals surface area contributed by atoms with Crippen molar-refractivity contribution in [3.8, 4) is 33.8 Å². The lowest BCUT2D eigenvalue weighted by Gasteiger charge is -2.31. The summed E-state index contributed by atoms with van der Waals surface area (Å²) in [5, 5.41) is 0. The molecule has 64 heavy (non-hydrogen) atoms. The molecule has 13 nitrogen and oxygen atoms in total. The minimum Gasteiger partial charge on any atom is -0.493 e. The molecule has 344 valence electrons. The third-order valence-corrected chi connectivity index (χ3v) is 10.8. The zero-order valence-electron chi connectivity index (χ0n) is 37.4. The lowest BCUT2D eigenvalue weighted by atomic mass is 9.77. The molecule has 0 heterocycles. The molecule has 0 spiro atoms. The molecule has 4 rings (SSSR count). The van der Waals surface area contributed by atoms with E-state index in [0.717, 1.165) is 37.2 Å². The Hall–Kier alpha value is -6.31. The van der Waals surface area contributed by atoms with E-state index in [9.17, 15) is 28.8 Å². The van der Waals surface area contributed by atoms with Crippen LogP contribution in [-0.4, -0.2) is 75.5 Å². The first kappa shape index (κ1) is 50.3. The van der Waals surface area contributed by atoms with Gasteiger partial charge in [-0.15, -0.1) is 0 Å². The van der Waals surface area contributed by atoms with Crippen LogP contribution in [0.2, 0.25) is 0 Å². The highest BCUT2D eigenvalue weighted by Gasteiger charge is 2.39. The van der Waals surface area contributed by atoms with Crippen LogP contribution >= 0.6 is 0 Å². The van der Waals surface area contributed by atoms with Crippen LogP contribution < -0.4 is 9.47 Å². The number of carbonyl (C=O) groups excluding carboxylic acids is 6. The maximum Gasteiger partial charge on any atom is 0.417 e. The largest absolute Gasteiger partial charge is 0.493 e. The lowest BCUT2D eigenvalue weighted by Crippen LogP contribution is -2.45. The number of benzene rings is 3. The van der Waals surface area contributed by atoms with E-state index in [1.54, 1.807) is 54.6 Å². The highest BCUT2D eigenvalue weighted by atomic mass is 19.1. The monoisotopic (exact) mass is 886 g/mol. The third-order valence-electron chi connectivity index (χ3n) is 10.8. The van der Waals surface area contributed by atoms with E-state index in [4.69, 9.17) is 33.2 Å². The predicted molar refractivity (Wildman–Crippen MR) is 235 cm³/mol. The van der Waals surface area contributed by atoms with Crippen molar-refractivity contribution in [2.45, 2.75) is 91.9 Å². The number of ether oxygens (including phenoxy) is 7. The van der Waals surface area contributed by atoms with Crippen molar-refractivity contribution >= 4 is 35.8 Å². The summed E-state index contributed by atoms with van der Waals surface area (Å²) in [6, 6.07) is 16.9. The molecule has 0 saturated heterocycles. The molecule has 0 radical (unpaired) electrons. The van der Waals surface area contributed by atoms with Gasteiger partial charge in [0.25, 0.3) is 0 Å². The van der Waals surface area contributed by atoms with Crippen LogP contribution in [0.1, 0.15) is 97.5 Å². The molecule has 3 aromatic rings. The Morgan fingerprint density at radius 3 is 1.67 bits per heavy atom. The summed E-state index contributed by atoms with van der Waals surface area (Å²) in [6.07, 6.45) is 9.40. The molecule has 0 atom stereocenters. The van der Waals surface area contributed by atoms with E-state index < -0.39 is 67.7 Å². The Morgan fingerprint density at radius 2 is 1.14 bits per heavy atom. The Bertz CT molecular complexity index is 2120. The fourth-order valence-corrected chi connectivity index (χ4v) is 7.18. The molecule has 1 aliphatic carbocycles. The molecule has 0 amide bonds. The van der Waals surface area contributed by atoms with E-state index in [2.05, 4.69) is 20.1 Å². The van der Waals surface area contributed by atoms with E-state index in [0.29, 0.717) is 28.2 Å². The van der Waals surface area contributed by atoms with Gasteiger partial charge in [-0.2, -0.15) is 0 Å². The summed E-state index contributed by atoms with van der Waals surface area (Å²) in [4.78, 5) is 74.4.